The van der Waals surface area contributed by atoms with Crippen LogP contribution in [0.2, 0.25) is 0 Å². The lowest BCUT2D eigenvalue weighted by molar-refractivity contribution is 0.238. The highest BCUT2D eigenvalue weighted by atomic mass is 15.2. The predicted molar refractivity (Wildman–Crippen MR) is 64.0 cm³/mol. The highest BCUT2D eigenvalue weighted by Gasteiger charge is 2.25. The van der Waals surface area contributed by atoms with Crippen LogP contribution in [0.3, 0.4) is 0 Å². The molecule has 0 radical (unpaired) electrons. The lowest BCUT2D eigenvalue weighted by atomic mass is 9.82. The Morgan fingerprint density at radius 3 is 3.00 bits per heavy atom. The lowest BCUT2D eigenvalue weighted by Crippen LogP contribution is -2.40. The van der Waals surface area contributed by atoms with Crippen LogP contribution in [-0.2, 0) is 0 Å². The molecule has 0 aromatic carbocycles. The van der Waals surface area contributed by atoms with E-state index in [9.17, 15) is 0 Å². The van der Waals surface area contributed by atoms with Gasteiger partial charge < -0.3 is 5.32 Å². The number of rotatable bonds is 4. The van der Waals surface area contributed by atoms with Crippen LogP contribution >= 0.6 is 0 Å². The van der Waals surface area contributed by atoms with E-state index in [0.717, 1.165) is 11.7 Å². The number of H-pyrrole nitrogens is 1. The zero-order valence-corrected chi connectivity index (χ0v) is 10.2. The van der Waals surface area contributed by atoms with Crippen molar-refractivity contribution in [1.82, 2.24) is 20.5 Å². The zero-order chi connectivity index (χ0) is 11.4. The summed E-state index contributed by atoms with van der Waals surface area (Å²) >= 11 is 0. The van der Waals surface area contributed by atoms with Crippen molar-refractivity contribution < 1.29 is 0 Å². The molecular formula is C12H22N4. The average molecular weight is 222 g/mol. The zero-order valence-electron chi connectivity index (χ0n) is 10.2. The van der Waals surface area contributed by atoms with Crippen LogP contribution in [0, 0.1) is 5.92 Å². The molecular weight excluding hydrogens is 200 g/mol. The minimum Gasteiger partial charge on any atom is -0.304 e. The first-order chi connectivity index (χ1) is 7.81. The Kier molecular flexibility index (Phi) is 3.93. The molecule has 3 atom stereocenters. The summed E-state index contributed by atoms with van der Waals surface area (Å²) in [6.45, 7) is 4.45. The third-order valence-electron chi connectivity index (χ3n) is 3.74. The van der Waals surface area contributed by atoms with Crippen molar-refractivity contribution in [2.24, 2.45) is 5.92 Å². The third-order valence-corrected chi connectivity index (χ3v) is 3.74. The van der Waals surface area contributed by atoms with Crippen molar-refractivity contribution in [1.29, 1.82) is 0 Å². The van der Waals surface area contributed by atoms with Gasteiger partial charge in [0.05, 0.1) is 6.04 Å². The van der Waals surface area contributed by atoms with Gasteiger partial charge in [0.1, 0.15) is 12.2 Å². The molecule has 1 fully saturated rings. The van der Waals surface area contributed by atoms with E-state index in [2.05, 4.69) is 34.3 Å². The highest BCUT2D eigenvalue weighted by Crippen LogP contribution is 2.28. The van der Waals surface area contributed by atoms with Crippen LogP contribution < -0.4 is 5.32 Å². The molecule has 2 N–H and O–H groups in total. The molecule has 4 heteroatoms. The Hall–Kier alpha value is -0.900. The number of hydrogen-bond donors (Lipinski definition) is 2. The molecule has 0 saturated heterocycles. The molecule has 0 bridgehead atoms. The first kappa shape index (κ1) is 11.6. The maximum atomic E-state index is 4.20. The van der Waals surface area contributed by atoms with Gasteiger partial charge in [-0.2, -0.15) is 5.10 Å². The monoisotopic (exact) mass is 222 g/mol. The first-order valence-electron chi connectivity index (χ1n) is 6.42. The quantitative estimate of drug-likeness (QED) is 0.822. The minimum absolute atomic E-state index is 0.277. The maximum absolute atomic E-state index is 4.20. The van der Waals surface area contributed by atoms with Gasteiger partial charge in [-0.05, 0) is 25.7 Å². The van der Waals surface area contributed by atoms with Crippen LogP contribution in [0.5, 0.6) is 0 Å². The Morgan fingerprint density at radius 2 is 2.31 bits per heavy atom. The molecule has 1 aliphatic rings. The van der Waals surface area contributed by atoms with Crippen molar-refractivity contribution in [3.05, 3.63) is 12.2 Å². The van der Waals surface area contributed by atoms with Gasteiger partial charge in [0, 0.05) is 6.04 Å². The van der Waals surface area contributed by atoms with E-state index in [1.807, 2.05) is 0 Å². The Labute approximate surface area is 97.2 Å². The molecule has 90 valence electrons. The third kappa shape index (κ3) is 2.61. The molecule has 1 aromatic rings. The van der Waals surface area contributed by atoms with Crippen molar-refractivity contribution in [3.63, 3.8) is 0 Å². The summed E-state index contributed by atoms with van der Waals surface area (Å²) in [5, 5.41) is 10.5. The summed E-state index contributed by atoms with van der Waals surface area (Å²) in [4.78, 5) is 4.20. The second-order valence-electron chi connectivity index (χ2n) is 4.82. The fraction of sp³-hybridized carbons (Fsp3) is 0.833. The number of hydrogen-bond acceptors (Lipinski definition) is 3. The Balaban J connectivity index is 1.92. The van der Waals surface area contributed by atoms with E-state index >= 15 is 0 Å². The van der Waals surface area contributed by atoms with Gasteiger partial charge in [-0.3, -0.25) is 5.10 Å². The van der Waals surface area contributed by atoms with Gasteiger partial charge in [0.2, 0.25) is 0 Å². The molecule has 1 saturated carbocycles. The van der Waals surface area contributed by atoms with Gasteiger partial charge >= 0.3 is 0 Å². The van der Waals surface area contributed by atoms with Gasteiger partial charge in [-0.25, -0.2) is 4.98 Å². The van der Waals surface area contributed by atoms with Crippen molar-refractivity contribution in [2.75, 3.05) is 0 Å². The van der Waals surface area contributed by atoms with Crippen LogP contribution in [0.1, 0.15) is 57.8 Å². The van der Waals surface area contributed by atoms with Crippen LogP contribution in [0.15, 0.2) is 6.33 Å². The van der Waals surface area contributed by atoms with Crippen LogP contribution in [0.25, 0.3) is 0 Å². The minimum atomic E-state index is 0.277. The van der Waals surface area contributed by atoms with Gasteiger partial charge in [0.15, 0.2) is 0 Å². The first-order valence-corrected chi connectivity index (χ1v) is 6.42. The van der Waals surface area contributed by atoms with Crippen LogP contribution in [0.4, 0.5) is 0 Å². The van der Waals surface area contributed by atoms with E-state index in [0.29, 0.717) is 6.04 Å². The fourth-order valence-electron chi connectivity index (χ4n) is 2.74. The standard InChI is InChI=1S/C12H22N4/c1-3-10-6-4-5-7-11(10)15-9(2)12-13-8-14-16-12/h8-11,15H,3-7H2,1-2H3,(H,13,14,16). The summed E-state index contributed by atoms with van der Waals surface area (Å²) in [6, 6.07) is 0.929. The highest BCUT2D eigenvalue weighted by molar-refractivity contribution is 4.92. The summed E-state index contributed by atoms with van der Waals surface area (Å²) in [7, 11) is 0. The van der Waals surface area contributed by atoms with Crippen molar-refractivity contribution in [3.8, 4) is 0 Å². The Bertz CT molecular complexity index is 296. The molecule has 4 nitrogen and oxygen atoms in total. The van der Waals surface area contributed by atoms with Gasteiger partial charge in [-0.15, -0.1) is 0 Å². The van der Waals surface area contributed by atoms with Crippen molar-refractivity contribution in [2.45, 2.75) is 58.0 Å². The molecule has 1 aromatic heterocycles. The predicted octanol–water partition coefficient (Wildman–Crippen LogP) is 2.42. The molecule has 2 rings (SSSR count). The van der Waals surface area contributed by atoms with E-state index < -0.39 is 0 Å². The molecule has 3 unspecified atom stereocenters. The largest absolute Gasteiger partial charge is 0.304 e. The van der Waals surface area contributed by atoms with E-state index in [-0.39, 0.29) is 6.04 Å². The second-order valence-corrected chi connectivity index (χ2v) is 4.82. The second kappa shape index (κ2) is 5.43. The molecule has 0 amide bonds. The number of aromatic amines is 1. The molecule has 0 aliphatic heterocycles. The number of nitrogens with zero attached hydrogens (tertiary/aromatic N) is 2. The van der Waals surface area contributed by atoms with E-state index in [4.69, 9.17) is 0 Å². The van der Waals surface area contributed by atoms with Gasteiger partial charge in [0.25, 0.3) is 0 Å². The van der Waals surface area contributed by atoms with Gasteiger partial charge in [-0.1, -0.05) is 26.2 Å². The lowest BCUT2D eigenvalue weighted by Gasteiger charge is -2.33. The summed E-state index contributed by atoms with van der Waals surface area (Å²) in [5.41, 5.74) is 0. The summed E-state index contributed by atoms with van der Waals surface area (Å²) < 4.78 is 0. The van der Waals surface area contributed by atoms with Crippen molar-refractivity contribution >= 4 is 0 Å². The fourth-order valence-corrected chi connectivity index (χ4v) is 2.74. The maximum Gasteiger partial charge on any atom is 0.141 e. The molecule has 1 heterocycles. The SMILES string of the molecule is CCC1CCCCC1NC(C)c1ncn[nH]1. The van der Waals surface area contributed by atoms with Crippen LogP contribution in [-0.4, -0.2) is 21.2 Å². The molecule has 16 heavy (non-hydrogen) atoms. The average Bonchev–Trinajstić information content (AvgIpc) is 2.83. The smallest absolute Gasteiger partial charge is 0.141 e. The summed E-state index contributed by atoms with van der Waals surface area (Å²) in [6.07, 6.45) is 8.28. The Morgan fingerprint density at radius 1 is 1.50 bits per heavy atom. The van der Waals surface area contributed by atoms with E-state index in [1.165, 1.54) is 32.1 Å². The molecule has 1 aliphatic carbocycles. The number of nitrogens with one attached hydrogen (secondary N) is 2. The number of aromatic nitrogens is 3. The topological polar surface area (TPSA) is 53.6 Å². The molecule has 0 spiro atoms. The van der Waals surface area contributed by atoms with E-state index in [1.54, 1.807) is 6.33 Å². The summed E-state index contributed by atoms with van der Waals surface area (Å²) in [5.74, 6) is 1.78. The normalized spacial score (nSPS) is 27.9.